The molecule has 0 aromatic heterocycles. The number of alkyl carbamates (subject to hydrolysis) is 1. The van der Waals surface area contributed by atoms with Crippen molar-refractivity contribution in [3.05, 3.63) is 29.8 Å². The molecule has 0 radical (unpaired) electrons. The van der Waals surface area contributed by atoms with Gasteiger partial charge in [-0.1, -0.05) is 45.7 Å². The van der Waals surface area contributed by atoms with Crippen LogP contribution in [0.15, 0.2) is 24.3 Å². The number of amides is 2. The Morgan fingerprint density at radius 3 is 2.20 bits per heavy atom. The van der Waals surface area contributed by atoms with Crippen LogP contribution in [0.2, 0.25) is 0 Å². The summed E-state index contributed by atoms with van der Waals surface area (Å²) in [5.74, 6) is -0.0752. The number of unbranched alkanes of at least 4 members (excludes halogenated alkanes) is 1. The van der Waals surface area contributed by atoms with Crippen molar-refractivity contribution in [3.63, 3.8) is 0 Å². The minimum atomic E-state index is -0.817. The smallest absolute Gasteiger partial charge is 0.408 e. The van der Waals surface area contributed by atoms with Crippen LogP contribution in [0.25, 0.3) is 0 Å². The molecule has 0 heterocycles. The number of hydrogen-bond donors (Lipinski definition) is 2. The summed E-state index contributed by atoms with van der Waals surface area (Å²) in [6.45, 7) is 5.95. The highest BCUT2D eigenvalue weighted by molar-refractivity contribution is 5.89. The fraction of sp³-hybridized carbons (Fsp3) is 0.591. The quantitative estimate of drug-likeness (QED) is 0.502. The molecule has 0 spiro atoms. The summed E-state index contributed by atoms with van der Waals surface area (Å²) >= 11 is 0. The third-order valence-corrected chi connectivity index (χ3v) is 4.49. The van der Waals surface area contributed by atoms with Gasteiger partial charge in [0, 0.05) is 0 Å². The van der Waals surface area contributed by atoms with E-state index in [2.05, 4.69) is 10.6 Å². The Labute approximate surface area is 178 Å². The fourth-order valence-electron chi connectivity index (χ4n) is 2.83. The number of ether oxygens (including phenoxy) is 3. The number of nitrogens with one attached hydrogen (secondary N) is 2. The molecule has 0 unspecified atom stereocenters. The summed E-state index contributed by atoms with van der Waals surface area (Å²) in [6, 6.07) is 5.57. The molecule has 8 nitrogen and oxygen atoms in total. The second-order valence-corrected chi connectivity index (χ2v) is 7.48. The van der Waals surface area contributed by atoms with E-state index in [0.29, 0.717) is 18.6 Å². The Bertz CT molecular complexity index is 675. The Morgan fingerprint density at radius 1 is 1.00 bits per heavy atom. The standard InChI is InChI=1S/C22H34N2O6/c1-6-7-8-18(21(26)29-5)23-20(25)19(13-15(2)3)24-22(27)30-14-16-9-11-17(28-4)12-10-16/h9-12,15,18-19H,6-8,13-14H2,1-5H3,(H,23,25)(H,24,27)/t18-,19-/m0/s1. The number of methoxy groups -OCH3 is 2. The van der Waals surface area contributed by atoms with Crippen molar-refractivity contribution in [3.8, 4) is 5.75 Å². The van der Waals surface area contributed by atoms with Crippen molar-refractivity contribution in [1.82, 2.24) is 10.6 Å². The Balaban J connectivity index is 2.70. The van der Waals surface area contributed by atoms with Crippen molar-refractivity contribution in [2.24, 2.45) is 5.92 Å². The molecule has 2 amide bonds. The van der Waals surface area contributed by atoms with E-state index < -0.39 is 30.1 Å². The highest BCUT2D eigenvalue weighted by Gasteiger charge is 2.28. The van der Waals surface area contributed by atoms with Crippen LogP contribution in [0.3, 0.4) is 0 Å². The van der Waals surface area contributed by atoms with Crippen LogP contribution >= 0.6 is 0 Å². The van der Waals surface area contributed by atoms with E-state index in [-0.39, 0.29) is 12.5 Å². The molecular weight excluding hydrogens is 388 g/mol. The van der Waals surface area contributed by atoms with E-state index in [1.807, 2.05) is 20.8 Å². The van der Waals surface area contributed by atoms with E-state index in [0.717, 1.165) is 18.4 Å². The first-order valence-electron chi connectivity index (χ1n) is 10.2. The lowest BCUT2D eigenvalue weighted by molar-refractivity contribution is -0.145. The van der Waals surface area contributed by atoms with E-state index in [1.165, 1.54) is 7.11 Å². The maximum atomic E-state index is 12.7. The van der Waals surface area contributed by atoms with Gasteiger partial charge in [-0.25, -0.2) is 9.59 Å². The predicted octanol–water partition coefficient (Wildman–Crippen LogP) is 3.18. The maximum Gasteiger partial charge on any atom is 0.408 e. The summed E-state index contributed by atoms with van der Waals surface area (Å²) in [4.78, 5) is 37.0. The number of hydrogen-bond acceptors (Lipinski definition) is 6. The first-order valence-corrected chi connectivity index (χ1v) is 10.2. The normalized spacial score (nSPS) is 12.6. The molecule has 2 atom stereocenters. The molecule has 1 aromatic rings. The first kappa shape index (κ1) is 25.3. The average molecular weight is 423 g/mol. The van der Waals surface area contributed by atoms with E-state index in [9.17, 15) is 14.4 Å². The molecule has 30 heavy (non-hydrogen) atoms. The molecule has 1 rings (SSSR count). The Hall–Kier alpha value is -2.77. The minimum absolute atomic E-state index is 0.0626. The lowest BCUT2D eigenvalue weighted by Gasteiger charge is -2.23. The average Bonchev–Trinajstić information content (AvgIpc) is 2.73. The zero-order chi connectivity index (χ0) is 22.5. The van der Waals surface area contributed by atoms with E-state index in [4.69, 9.17) is 14.2 Å². The van der Waals surface area contributed by atoms with Crippen LogP contribution in [-0.2, 0) is 25.7 Å². The molecule has 0 aliphatic carbocycles. The van der Waals surface area contributed by atoms with Crippen LogP contribution < -0.4 is 15.4 Å². The first-order chi connectivity index (χ1) is 14.3. The van der Waals surface area contributed by atoms with Gasteiger partial charge in [-0.15, -0.1) is 0 Å². The van der Waals surface area contributed by atoms with Gasteiger partial charge in [-0.05, 0) is 36.5 Å². The second-order valence-electron chi connectivity index (χ2n) is 7.48. The molecule has 0 saturated carbocycles. The highest BCUT2D eigenvalue weighted by Crippen LogP contribution is 2.12. The molecule has 0 fully saturated rings. The molecular formula is C22H34N2O6. The number of benzene rings is 1. The van der Waals surface area contributed by atoms with Gasteiger partial charge in [0.25, 0.3) is 0 Å². The zero-order valence-corrected chi connectivity index (χ0v) is 18.5. The molecule has 0 aliphatic rings. The molecule has 0 saturated heterocycles. The molecule has 0 bridgehead atoms. The molecule has 168 valence electrons. The van der Waals surface area contributed by atoms with Gasteiger partial charge < -0.3 is 24.8 Å². The molecule has 8 heteroatoms. The summed E-state index contributed by atoms with van der Waals surface area (Å²) in [6.07, 6.45) is 1.84. The van der Waals surface area contributed by atoms with Gasteiger partial charge in [0.2, 0.25) is 5.91 Å². The second kappa shape index (κ2) is 13.5. The predicted molar refractivity (Wildman–Crippen MR) is 113 cm³/mol. The Morgan fingerprint density at radius 2 is 1.67 bits per heavy atom. The largest absolute Gasteiger partial charge is 0.497 e. The van der Waals surface area contributed by atoms with Crippen molar-refractivity contribution < 1.29 is 28.6 Å². The number of carbonyl (C=O) groups excluding carboxylic acids is 3. The lowest BCUT2D eigenvalue weighted by Crippen LogP contribution is -2.52. The number of esters is 1. The summed E-state index contributed by atoms with van der Waals surface area (Å²) in [5, 5.41) is 5.31. The van der Waals surface area contributed by atoms with Crippen LogP contribution in [0.1, 0.15) is 52.0 Å². The van der Waals surface area contributed by atoms with Crippen LogP contribution in [0, 0.1) is 5.92 Å². The third kappa shape index (κ3) is 9.15. The molecule has 1 aromatic carbocycles. The van der Waals surface area contributed by atoms with Gasteiger partial charge in [-0.3, -0.25) is 4.79 Å². The molecule has 0 aliphatic heterocycles. The van der Waals surface area contributed by atoms with Crippen molar-refractivity contribution in [2.75, 3.05) is 14.2 Å². The van der Waals surface area contributed by atoms with Crippen LogP contribution in [-0.4, -0.2) is 44.3 Å². The SMILES string of the molecule is CCCC[C@H](NC(=O)[C@H](CC(C)C)NC(=O)OCc1ccc(OC)cc1)C(=O)OC. The third-order valence-electron chi connectivity index (χ3n) is 4.49. The molecule has 2 N–H and O–H groups in total. The summed E-state index contributed by atoms with van der Waals surface area (Å²) < 4.78 is 15.1. The van der Waals surface area contributed by atoms with Crippen molar-refractivity contribution in [1.29, 1.82) is 0 Å². The van der Waals surface area contributed by atoms with Gasteiger partial charge in [0.1, 0.15) is 24.4 Å². The van der Waals surface area contributed by atoms with Gasteiger partial charge in [0.15, 0.2) is 0 Å². The lowest BCUT2D eigenvalue weighted by atomic mass is 10.0. The van der Waals surface area contributed by atoms with Gasteiger partial charge in [0.05, 0.1) is 14.2 Å². The van der Waals surface area contributed by atoms with Crippen molar-refractivity contribution >= 4 is 18.0 Å². The van der Waals surface area contributed by atoms with E-state index >= 15 is 0 Å². The van der Waals surface area contributed by atoms with E-state index in [1.54, 1.807) is 31.4 Å². The van der Waals surface area contributed by atoms with Crippen LogP contribution in [0.5, 0.6) is 5.75 Å². The fourth-order valence-corrected chi connectivity index (χ4v) is 2.83. The number of carbonyl (C=O) groups is 3. The number of rotatable bonds is 12. The maximum absolute atomic E-state index is 12.7. The monoisotopic (exact) mass is 422 g/mol. The summed E-state index contributed by atoms with van der Waals surface area (Å²) in [7, 11) is 2.86. The van der Waals surface area contributed by atoms with Crippen LogP contribution in [0.4, 0.5) is 4.79 Å². The zero-order valence-electron chi connectivity index (χ0n) is 18.5. The highest BCUT2D eigenvalue weighted by atomic mass is 16.5. The van der Waals surface area contributed by atoms with Gasteiger partial charge >= 0.3 is 12.1 Å². The summed E-state index contributed by atoms with van der Waals surface area (Å²) in [5.41, 5.74) is 0.793. The Kier molecular flexibility index (Phi) is 11.3. The van der Waals surface area contributed by atoms with Crippen molar-refractivity contribution in [2.45, 2.75) is 65.1 Å². The van der Waals surface area contributed by atoms with Gasteiger partial charge in [-0.2, -0.15) is 0 Å². The topological polar surface area (TPSA) is 103 Å². The minimum Gasteiger partial charge on any atom is -0.497 e.